The third-order valence-corrected chi connectivity index (χ3v) is 3.78. The van der Waals surface area contributed by atoms with E-state index in [9.17, 15) is 8.42 Å². The van der Waals surface area contributed by atoms with Crippen molar-refractivity contribution in [2.24, 2.45) is 5.73 Å². The van der Waals surface area contributed by atoms with Crippen molar-refractivity contribution in [3.05, 3.63) is 12.0 Å². The summed E-state index contributed by atoms with van der Waals surface area (Å²) in [4.78, 5) is 3.97. The van der Waals surface area contributed by atoms with Gasteiger partial charge in [-0.2, -0.15) is 4.72 Å². The summed E-state index contributed by atoms with van der Waals surface area (Å²) in [6.07, 6.45) is 1.46. The predicted molar refractivity (Wildman–Crippen MR) is 64.3 cm³/mol. The third-order valence-electron chi connectivity index (χ3n) is 2.37. The van der Waals surface area contributed by atoms with E-state index in [0.717, 1.165) is 0 Å². The highest BCUT2D eigenvalue weighted by molar-refractivity contribution is 7.89. The molecule has 0 amide bonds. The van der Waals surface area contributed by atoms with E-state index >= 15 is 0 Å². The highest BCUT2D eigenvalue weighted by atomic mass is 32.2. The molecule has 0 saturated heterocycles. The molecule has 1 unspecified atom stereocenters. The average Bonchev–Trinajstić information content (AvgIpc) is 2.59. The fourth-order valence-electron chi connectivity index (χ4n) is 1.29. The highest BCUT2D eigenvalue weighted by Gasteiger charge is 2.22. The Bertz CT molecular complexity index is 519. The second kappa shape index (κ2) is 4.84. The van der Waals surface area contributed by atoms with Crippen molar-refractivity contribution >= 4 is 15.9 Å². The first-order valence-electron chi connectivity index (χ1n) is 5.18. The number of rotatable bonds is 5. The Morgan fingerprint density at radius 3 is 2.71 bits per heavy atom. The van der Waals surface area contributed by atoms with Gasteiger partial charge in [0.15, 0.2) is 5.03 Å². The molecule has 0 fully saturated rings. The fraction of sp³-hybridized carbons (Fsp3) is 0.556. The van der Waals surface area contributed by atoms with Crippen molar-refractivity contribution < 1.29 is 8.42 Å². The van der Waals surface area contributed by atoms with E-state index in [4.69, 9.17) is 11.1 Å². The van der Waals surface area contributed by atoms with Gasteiger partial charge in [0.05, 0.1) is 6.04 Å². The average molecular weight is 259 g/mol. The molecule has 1 rings (SSSR count). The fourth-order valence-corrected chi connectivity index (χ4v) is 2.52. The number of hydrogen-bond donors (Lipinski definition) is 3. The van der Waals surface area contributed by atoms with Crippen LogP contribution in [-0.4, -0.2) is 29.8 Å². The molecule has 0 radical (unpaired) electrons. The summed E-state index contributed by atoms with van der Waals surface area (Å²) in [5, 5.41) is 7.10. The molecule has 7 nitrogen and oxygen atoms in total. The van der Waals surface area contributed by atoms with E-state index in [1.54, 1.807) is 11.5 Å². The van der Waals surface area contributed by atoms with Crippen molar-refractivity contribution in [1.82, 2.24) is 14.3 Å². The quantitative estimate of drug-likeness (QED) is 0.502. The lowest BCUT2D eigenvalue weighted by molar-refractivity contribution is 0.574. The van der Waals surface area contributed by atoms with E-state index in [1.165, 1.54) is 13.1 Å². The van der Waals surface area contributed by atoms with Gasteiger partial charge in [0.2, 0.25) is 0 Å². The SMILES string of the molecule is CCn1cc(S(=O)(=O)NC(C)C(=N)N)nc1C. The van der Waals surface area contributed by atoms with Gasteiger partial charge in [-0.05, 0) is 20.8 Å². The lowest BCUT2D eigenvalue weighted by atomic mass is 10.3. The van der Waals surface area contributed by atoms with Crippen molar-refractivity contribution in [2.45, 2.75) is 38.4 Å². The number of nitrogens with two attached hydrogens (primary N) is 1. The molecule has 0 bridgehead atoms. The van der Waals surface area contributed by atoms with Crippen molar-refractivity contribution in [2.75, 3.05) is 0 Å². The molecular formula is C9H17N5O2S. The number of nitrogens with one attached hydrogen (secondary N) is 2. The summed E-state index contributed by atoms with van der Waals surface area (Å²) >= 11 is 0. The van der Waals surface area contributed by atoms with E-state index in [1.807, 2.05) is 6.92 Å². The Balaban J connectivity index is 3.01. The summed E-state index contributed by atoms with van der Waals surface area (Å²) < 4.78 is 27.8. The van der Waals surface area contributed by atoms with Gasteiger partial charge in [-0.3, -0.25) is 5.41 Å². The number of aryl methyl sites for hydroxylation is 2. The molecule has 0 aliphatic carbocycles. The summed E-state index contributed by atoms with van der Waals surface area (Å²) in [6.45, 7) is 5.79. The van der Waals surface area contributed by atoms with Crippen LogP contribution in [0.25, 0.3) is 0 Å². The Morgan fingerprint density at radius 1 is 1.71 bits per heavy atom. The Kier molecular flexibility index (Phi) is 3.89. The van der Waals surface area contributed by atoms with Crippen LogP contribution in [0.4, 0.5) is 0 Å². The molecule has 1 atom stereocenters. The van der Waals surface area contributed by atoms with Gasteiger partial charge >= 0.3 is 0 Å². The van der Waals surface area contributed by atoms with Gasteiger partial charge in [0, 0.05) is 12.7 Å². The van der Waals surface area contributed by atoms with Gasteiger partial charge in [-0.25, -0.2) is 13.4 Å². The predicted octanol–water partition coefficient (Wildman–Crippen LogP) is -0.186. The molecule has 1 aromatic heterocycles. The van der Waals surface area contributed by atoms with Crippen LogP contribution in [0.1, 0.15) is 19.7 Å². The molecular weight excluding hydrogens is 242 g/mol. The Morgan fingerprint density at radius 2 is 2.29 bits per heavy atom. The first-order valence-corrected chi connectivity index (χ1v) is 6.66. The van der Waals surface area contributed by atoms with Crippen LogP contribution in [0.15, 0.2) is 11.2 Å². The number of nitrogens with zero attached hydrogens (tertiary/aromatic N) is 2. The van der Waals surface area contributed by atoms with Gasteiger partial charge in [0.1, 0.15) is 11.7 Å². The smallest absolute Gasteiger partial charge is 0.260 e. The molecule has 4 N–H and O–H groups in total. The zero-order chi connectivity index (χ0) is 13.2. The number of amidine groups is 1. The summed E-state index contributed by atoms with van der Waals surface area (Å²) in [5.74, 6) is 0.392. The Hall–Kier alpha value is -1.41. The number of sulfonamides is 1. The van der Waals surface area contributed by atoms with Gasteiger partial charge in [-0.1, -0.05) is 0 Å². The van der Waals surface area contributed by atoms with Crippen molar-refractivity contribution in [3.63, 3.8) is 0 Å². The molecule has 0 saturated carbocycles. The number of imidazole rings is 1. The van der Waals surface area contributed by atoms with Crippen LogP contribution < -0.4 is 10.5 Å². The van der Waals surface area contributed by atoms with Crippen LogP contribution in [0.5, 0.6) is 0 Å². The summed E-state index contributed by atoms with van der Waals surface area (Å²) in [5.41, 5.74) is 5.21. The minimum atomic E-state index is -3.72. The molecule has 0 aromatic carbocycles. The number of aromatic nitrogens is 2. The normalized spacial score (nSPS) is 13.6. The lowest BCUT2D eigenvalue weighted by Gasteiger charge is -2.10. The standard InChI is InChI=1S/C9H17N5O2S/c1-4-14-5-8(12-7(14)3)17(15,16)13-6(2)9(10)11/h5-6,13H,4H2,1-3H3,(H3,10,11). The second-order valence-electron chi connectivity index (χ2n) is 3.71. The van der Waals surface area contributed by atoms with Crippen LogP contribution in [0.3, 0.4) is 0 Å². The maximum Gasteiger partial charge on any atom is 0.260 e. The van der Waals surface area contributed by atoms with Crippen LogP contribution >= 0.6 is 0 Å². The largest absolute Gasteiger partial charge is 0.386 e. The first-order chi connectivity index (χ1) is 7.77. The summed E-state index contributed by atoms with van der Waals surface area (Å²) in [6, 6.07) is -0.743. The molecule has 8 heteroatoms. The topological polar surface area (TPSA) is 114 Å². The van der Waals surface area contributed by atoms with E-state index in [2.05, 4.69) is 9.71 Å². The molecule has 0 aliphatic rings. The molecule has 1 aromatic rings. The summed E-state index contributed by atoms with van der Waals surface area (Å²) in [7, 11) is -3.72. The minimum absolute atomic E-state index is 0.0510. The highest BCUT2D eigenvalue weighted by Crippen LogP contribution is 2.09. The zero-order valence-corrected chi connectivity index (χ0v) is 10.9. The molecule has 96 valence electrons. The molecule has 0 aliphatic heterocycles. The van der Waals surface area contributed by atoms with E-state index in [-0.39, 0.29) is 10.9 Å². The number of hydrogen-bond acceptors (Lipinski definition) is 4. The zero-order valence-electron chi connectivity index (χ0n) is 10.1. The van der Waals surface area contributed by atoms with Gasteiger partial charge < -0.3 is 10.3 Å². The third kappa shape index (κ3) is 3.04. The van der Waals surface area contributed by atoms with E-state index in [0.29, 0.717) is 12.4 Å². The van der Waals surface area contributed by atoms with Crippen molar-refractivity contribution in [3.8, 4) is 0 Å². The second-order valence-corrected chi connectivity index (χ2v) is 5.37. The van der Waals surface area contributed by atoms with Gasteiger partial charge in [-0.15, -0.1) is 0 Å². The van der Waals surface area contributed by atoms with Crippen LogP contribution in [0, 0.1) is 12.3 Å². The lowest BCUT2D eigenvalue weighted by Crippen LogP contribution is -2.41. The van der Waals surface area contributed by atoms with Crippen LogP contribution in [0.2, 0.25) is 0 Å². The van der Waals surface area contributed by atoms with Gasteiger partial charge in [0.25, 0.3) is 10.0 Å². The monoisotopic (exact) mass is 259 g/mol. The van der Waals surface area contributed by atoms with Crippen molar-refractivity contribution in [1.29, 1.82) is 5.41 Å². The maximum absolute atomic E-state index is 11.9. The molecule has 0 spiro atoms. The Labute approximate surface area is 101 Å². The van der Waals surface area contributed by atoms with Crippen LogP contribution in [-0.2, 0) is 16.6 Å². The van der Waals surface area contributed by atoms with E-state index < -0.39 is 16.1 Å². The first kappa shape index (κ1) is 13.7. The minimum Gasteiger partial charge on any atom is -0.386 e. The molecule has 17 heavy (non-hydrogen) atoms. The maximum atomic E-state index is 11.9. The molecule has 1 heterocycles.